The summed E-state index contributed by atoms with van der Waals surface area (Å²) in [4.78, 5) is 59.8. The minimum Gasteiger partial charge on any atom is -0.497 e. The number of methoxy groups -OCH3 is 1. The van der Waals surface area contributed by atoms with E-state index in [9.17, 15) is 24.3 Å². The summed E-state index contributed by atoms with van der Waals surface area (Å²) in [5.41, 5.74) is 7.12. The van der Waals surface area contributed by atoms with Crippen molar-refractivity contribution in [2.45, 2.75) is 88.3 Å². The molecule has 3 fully saturated rings. The molecule has 3 aliphatic rings. The number of nitrogens with two attached hydrogens (primary N) is 1. The van der Waals surface area contributed by atoms with Gasteiger partial charge in [0.25, 0.3) is 0 Å². The summed E-state index contributed by atoms with van der Waals surface area (Å²) in [5.74, 6) is -0.520. The lowest BCUT2D eigenvalue weighted by atomic mass is 9.94. The number of allylic oxidation sites excluding steroid dienone is 1. The molecule has 2 saturated heterocycles. The Morgan fingerprint density at radius 2 is 1.85 bits per heavy atom. The van der Waals surface area contributed by atoms with Crippen molar-refractivity contribution in [3.05, 3.63) is 66.7 Å². The first-order chi connectivity index (χ1) is 25.2. The molecular formula is C41H50N4O7. The van der Waals surface area contributed by atoms with Gasteiger partial charge in [-0.05, 0) is 57.1 Å². The van der Waals surface area contributed by atoms with Crippen LogP contribution in [0.2, 0.25) is 0 Å². The van der Waals surface area contributed by atoms with Gasteiger partial charge in [-0.15, -0.1) is 0 Å². The zero-order chi connectivity index (χ0) is 36.7. The van der Waals surface area contributed by atoms with Crippen LogP contribution in [-0.2, 0) is 19.2 Å². The summed E-state index contributed by atoms with van der Waals surface area (Å²) < 4.78 is 12.1. The molecule has 2 unspecified atom stereocenters. The first kappa shape index (κ1) is 37.0. The van der Waals surface area contributed by atoms with Gasteiger partial charge in [0.15, 0.2) is 0 Å². The van der Waals surface area contributed by atoms with E-state index < -0.39 is 29.6 Å². The third-order valence-corrected chi connectivity index (χ3v) is 10.8. The number of carboxylic acids is 1. The third kappa shape index (κ3) is 8.63. The second kappa shape index (κ2) is 16.7. The first-order valence-electron chi connectivity index (χ1n) is 18.6. The SMILES string of the molecule is COc1ccc2c(O[C@@H]3C[C@@H](C=O)N(C(=O)[C@@H](CCCCC/C=C\C4CC4(N)C(=O)O)CC(=O)N4CCCCC4)C3)cc(-c3ccccc3)nc2c1. The van der Waals surface area contributed by atoms with Crippen molar-refractivity contribution in [1.82, 2.24) is 14.8 Å². The number of hydrogen-bond acceptors (Lipinski definition) is 8. The molecule has 0 spiro atoms. The molecule has 11 heteroatoms. The van der Waals surface area contributed by atoms with E-state index in [1.165, 1.54) is 0 Å². The fourth-order valence-corrected chi connectivity index (χ4v) is 7.54. The Labute approximate surface area is 305 Å². The number of benzene rings is 2. The number of amides is 2. The van der Waals surface area contributed by atoms with Crippen molar-refractivity contribution in [2.75, 3.05) is 26.7 Å². The lowest BCUT2D eigenvalue weighted by Crippen LogP contribution is -2.43. The molecule has 2 aliphatic heterocycles. The predicted octanol–water partition coefficient (Wildman–Crippen LogP) is 5.79. The number of carbonyl (C=O) groups is 4. The van der Waals surface area contributed by atoms with Crippen molar-refractivity contribution >= 4 is 35.0 Å². The van der Waals surface area contributed by atoms with Gasteiger partial charge in [0, 0.05) is 60.8 Å². The van der Waals surface area contributed by atoms with E-state index in [4.69, 9.17) is 20.2 Å². The fourth-order valence-electron chi connectivity index (χ4n) is 7.54. The number of ether oxygens (including phenoxy) is 2. The number of fused-ring (bicyclic) bond motifs is 1. The number of carbonyl (C=O) groups excluding carboxylic acids is 3. The highest BCUT2D eigenvalue weighted by Crippen LogP contribution is 2.42. The van der Waals surface area contributed by atoms with Crippen molar-refractivity contribution in [3.63, 3.8) is 0 Å². The van der Waals surface area contributed by atoms with Gasteiger partial charge < -0.3 is 34.9 Å². The fraction of sp³-hybridized carbons (Fsp3) is 0.488. The van der Waals surface area contributed by atoms with Crippen LogP contribution in [0.15, 0.2) is 66.7 Å². The maximum absolute atomic E-state index is 14.3. The van der Waals surface area contributed by atoms with Gasteiger partial charge >= 0.3 is 5.97 Å². The summed E-state index contributed by atoms with van der Waals surface area (Å²) in [6, 6.07) is 16.7. The second-order valence-corrected chi connectivity index (χ2v) is 14.5. The average molecular weight is 711 g/mol. The average Bonchev–Trinajstić information content (AvgIpc) is 3.67. The van der Waals surface area contributed by atoms with Crippen molar-refractivity contribution in [1.29, 1.82) is 0 Å². The van der Waals surface area contributed by atoms with Gasteiger partial charge in [-0.1, -0.05) is 55.3 Å². The zero-order valence-corrected chi connectivity index (χ0v) is 30.0. The number of aromatic nitrogens is 1. The van der Waals surface area contributed by atoms with E-state index in [2.05, 4.69) is 0 Å². The Bertz CT molecular complexity index is 1780. The van der Waals surface area contributed by atoms with Gasteiger partial charge in [-0.25, -0.2) is 4.98 Å². The monoisotopic (exact) mass is 710 g/mol. The van der Waals surface area contributed by atoms with Crippen LogP contribution in [0.5, 0.6) is 11.5 Å². The number of carboxylic acid groups (broad SMARTS) is 1. The summed E-state index contributed by atoms with van der Waals surface area (Å²) in [6.07, 6.45) is 12.1. The molecular weight excluding hydrogens is 660 g/mol. The Kier molecular flexibility index (Phi) is 11.9. The van der Waals surface area contributed by atoms with Crippen molar-refractivity contribution < 1.29 is 33.8 Å². The van der Waals surface area contributed by atoms with Crippen LogP contribution >= 0.6 is 0 Å². The lowest BCUT2D eigenvalue weighted by Gasteiger charge is -2.30. The lowest BCUT2D eigenvalue weighted by molar-refractivity contribution is -0.143. The van der Waals surface area contributed by atoms with Gasteiger partial charge in [-0.2, -0.15) is 0 Å². The Morgan fingerprint density at radius 3 is 2.56 bits per heavy atom. The van der Waals surface area contributed by atoms with Gasteiger partial charge in [-0.3, -0.25) is 14.4 Å². The maximum atomic E-state index is 14.3. The number of rotatable bonds is 16. The normalized spacial score (nSPS) is 23.5. The molecule has 11 nitrogen and oxygen atoms in total. The van der Waals surface area contributed by atoms with E-state index >= 15 is 0 Å². The quantitative estimate of drug-likeness (QED) is 0.107. The number of pyridine rings is 1. The maximum Gasteiger partial charge on any atom is 0.324 e. The largest absolute Gasteiger partial charge is 0.497 e. The van der Waals surface area contributed by atoms with E-state index in [1.807, 2.05) is 71.6 Å². The molecule has 3 N–H and O–H groups in total. The number of unbranched alkanes of at least 4 members (excludes halogenated alkanes) is 3. The number of likely N-dealkylation sites (tertiary alicyclic amines) is 2. The molecule has 1 aliphatic carbocycles. The zero-order valence-electron chi connectivity index (χ0n) is 30.0. The van der Waals surface area contributed by atoms with Crippen LogP contribution in [0.1, 0.15) is 70.6 Å². The Balaban J connectivity index is 1.13. The van der Waals surface area contributed by atoms with E-state index in [0.717, 1.165) is 67.9 Å². The molecule has 52 heavy (non-hydrogen) atoms. The number of hydrogen-bond donors (Lipinski definition) is 2. The summed E-state index contributed by atoms with van der Waals surface area (Å²) in [5, 5.41) is 10.0. The summed E-state index contributed by atoms with van der Waals surface area (Å²) >= 11 is 0. The topological polar surface area (TPSA) is 152 Å². The standard InChI is InChI=1S/C41H50N4O7/c1-51-32-17-18-34-36(23-32)43-35(28-13-8-5-9-14-28)24-37(34)52-33-22-31(27-46)45(26-33)39(48)29(21-38(47)44-19-11-6-12-20-44)15-7-3-2-4-10-16-30-25-41(30,42)40(49)50/h5,8-10,13-14,16-18,23-24,27,29-31,33H,2-4,6-7,11-12,15,19-22,25-26,42H2,1H3,(H,49,50)/b16-10-/t29-,30?,31-,33+,41?/m0/s1. The molecule has 1 aromatic heterocycles. The first-order valence-corrected chi connectivity index (χ1v) is 18.6. The number of aliphatic carboxylic acids is 1. The van der Waals surface area contributed by atoms with Crippen molar-refractivity contribution in [3.8, 4) is 22.8 Å². The molecule has 0 bridgehead atoms. The smallest absolute Gasteiger partial charge is 0.324 e. The van der Waals surface area contributed by atoms with Crippen molar-refractivity contribution in [2.24, 2.45) is 17.6 Å². The molecule has 2 aromatic carbocycles. The molecule has 2 amide bonds. The van der Waals surface area contributed by atoms with Crippen LogP contribution in [0.4, 0.5) is 0 Å². The third-order valence-electron chi connectivity index (χ3n) is 10.8. The second-order valence-electron chi connectivity index (χ2n) is 14.5. The van der Waals surface area contributed by atoms with Gasteiger partial charge in [0.2, 0.25) is 11.8 Å². The predicted molar refractivity (Wildman–Crippen MR) is 198 cm³/mol. The molecule has 3 heterocycles. The molecule has 5 atom stereocenters. The molecule has 276 valence electrons. The molecule has 3 aromatic rings. The van der Waals surface area contributed by atoms with E-state index in [1.54, 1.807) is 12.0 Å². The highest BCUT2D eigenvalue weighted by atomic mass is 16.5. The summed E-state index contributed by atoms with van der Waals surface area (Å²) in [6.45, 7) is 1.67. The summed E-state index contributed by atoms with van der Waals surface area (Å²) in [7, 11) is 1.61. The molecule has 6 rings (SSSR count). The van der Waals surface area contributed by atoms with E-state index in [-0.39, 0.29) is 30.7 Å². The highest BCUT2D eigenvalue weighted by Gasteiger charge is 2.56. The van der Waals surface area contributed by atoms with Crippen LogP contribution in [0.3, 0.4) is 0 Å². The molecule has 1 saturated carbocycles. The number of aldehydes is 1. The van der Waals surface area contributed by atoms with Gasteiger partial charge in [0.1, 0.15) is 29.4 Å². The van der Waals surface area contributed by atoms with E-state index in [0.29, 0.717) is 49.4 Å². The number of piperidine rings is 1. The number of nitrogens with zero attached hydrogens (tertiary/aromatic N) is 3. The van der Waals surface area contributed by atoms with Crippen LogP contribution in [-0.4, -0.2) is 88.4 Å². The molecule has 0 radical (unpaired) electrons. The Hall–Kier alpha value is -4.77. The minimum absolute atomic E-state index is 0.00381. The van der Waals surface area contributed by atoms with Crippen LogP contribution < -0.4 is 15.2 Å². The highest BCUT2D eigenvalue weighted by molar-refractivity contribution is 5.90. The van der Waals surface area contributed by atoms with Crippen LogP contribution in [0.25, 0.3) is 22.2 Å². The van der Waals surface area contributed by atoms with Gasteiger partial charge in [0.05, 0.1) is 30.9 Å². The minimum atomic E-state index is -1.13. The van der Waals surface area contributed by atoms with Crippen LogP contribution in [0, 0.1) is 11.8 Å². The Morgan fingerprint density at radius 1 is 1.06 bits per heavy atom.